The van der Waals surface area contributed by atoms with Crippen molar-refractivity contribution in [2.75, 3.05) is 0 Å². The lowest BCUT2D eigenvalue weighted by Crippen LogP contribution is -1.81. The molecule has 5 heteroatoms. The Hall–Kier alpha value is 1.09. The average molecular weight is 174 g/mol. The molecule has 0 aromatic rings. The van der Waals surface area contributed by atoms with E-state index in [0.29, 0.717) is 0 Å². The Bertz CT molecular complexity index is 23.0. The van der Waals surface area contributed by atoms with Gasteiger partial charge in [0, 0.05) is 0 Å². The van der Waals surface area contributed by atoms with Gasteiger partial charge in [-0.2, -0.15) is 0 Å². The van der Waals surface area contributed by atoms with Crippen molar-refractivity contribution in [2.24, 2.45) is 0 Å². The predicted octanol–water partition coefficient (Wildman–Crippen LogP) is 2.71. The number of hydrogen-bond acceptors (Lipinski definition) is 0. The van der Waals surface area contributed by atoms with Crippen LogP contribution in [-0.2, 0) is 0 Å². The molecular formula is CHCl4F. The Kier molecular flexibility index (Phi) is 5.31. The standard InChI is InChI=1S/CCl4.FH/c2-1(3,4)5;/h;1H. The third kappa shape index (κ3) is 71.7. The lowest BCUT2D eigenvalue weighted by atomic mass is 11.8. The molecule has 0 heterocycles. The molecule has 0 nitrogen and oxygen atoms in total. The van der Waals surface area contributed by atoms with Gasteiger partial charge in [-0.1, -0.05) is 46.4 Å². The summed E-state index contributed by atoms with van der Waals surface area (Å²) in [6.07, 6.45) is 0. The molecular weight excluding hydrogens is 173 g/mol. The Morgan fingerprint density at radius 3 is 0.833 bits per heavy atom. The van der Waals surface area contributed by atoms with E-state index in [4.69, 9.17) is 46.4 Å². The van der Waals surface area contributed by atoms with Crippen LogP contribution in [-0.4, -0.2) is 3.25 Å². The van der Waals surface area contributed by atoms with Gasteiger partial charge in [0.1, 0.15) is 0 Å². The van der Waals surface area contributed by atoms with Gasteiger partial charge in [-0.25, -0.2) is 0 Å². The molecule has 0 aromatic carbocycles. The van der Waals surface area contributed by atoms with Crippen LogP contribution < -0.4 is 0 Å². The van der Waals surface area contributed by atoms with Gasteiger partial charge >= 0.3 is 0 Å². The van der Waals surface area contributed by atoms with E-state index in [9.17, 15) is 0 Å². The first-order valence-corrected chi connectivity index (χ1v) is 2.27. The van der Waals surface area contributed by atoms with Gasteiger partial charge in [-0.15, -0.1) is 0 Å². The maximum atomic E-state index is 4.83. The quantitative estimate of drug-likeness (QED) is 0.495. The maximum Gasteiger partial charge on any atom is 0.266 e. The Morgan fingerprint density at radius 2 is 0.833 bits per heavy atom. The van der Waals surface area contributed by atoms with E-state index in [0.717, 1.165) is 0 Å². The highest BCUT2D eigenvalue weighted by atomic mass is 35.6. The smallest absolute Gasteiger partial charge is 0.266 e. The molecule has 0 saturated heterocycles. The molecule has 0 saturated carbocycles. The fourth-order valence-corrected chi connectivity index (χ4v) is 0. The molecule has 0 amide bonds. The average Bonchev–Trinajstić information content (AvgIpc) is 0.722. The molecule has 0 aliphatic heterocycles. The Morgan fingerprint density at radius 1 is 0.833 bits per heavy atom. The van der Waals surface area contributed by atoms with E-state index < -0.39 is 3.25 Å². The van der Waals surface area contributed by atoms with Gasteiger partial charge in [0.2, 0.25) is 0 Å². The molecule has 6 heavy (non-hydrogen) atoms. The van der Waals surface area contributed by atoms with Crippen LogP contribution in [0.3, 0.4) is 0 Å². The van der Waals surface area contributed by atoms with Gasteiger partial charge in [0.15, 0.2) is 0 Å². The zero-order valence-corrected chi connectivity index (χ0v) is 5.44. The molecule has 0 fully saturated rings. The summed E-state index contributed by atoms with van der Waals surface area (Å²) >= 11 is 19.3. The zero-order valence-electron chi connectivity index (χ0n) is 2.42. The number of hydrogen-bond donors (Lipinski definition) is 0. The Labute approximate surface area is 54.7 Å². The van der Waals surface area contributed by atoms with Crippen molar-refractivity contribution in [3.05, 3.63) is 0 Å². The lowest BCUT2D eigenvalue weighted by molar-refractivity contribution is 1.11. The SMILES string of the molecule is ClC(Cl)(Cl)Cl.F. The molecule has 0 radical (unpaired) electrons. The first-order valence-electron chi connectivity index (χ1n) is 0.756. The van der Waals surface area contributed by atoms with Crippen molar-refractivity contribution in [3.8, 4) is 0 Å². The largest absolute Gasteiger partial charge is 0.269 e. The highest BCUT2D eigenvalue weighted by Gasteiger charge is 2.11. The fraction of sp³-hybridized carbons (Fsp3) is 1.00. The van der Waals surface area contributed by atoms with E-state index in [-0.39, 0.29) is 4.70 Å². The zero-order chi connectivity index (χ0) is 4.50. The van der Waals surface area contributed by atoms with Crippen molar-refractivity contribution in [3.63, 3.8) is 0 Å². The highest BCUT2D eigenvalue weighted by molar-refractivity contribution is 6.83. The first-order chi connectivity index (χ1) is 2.00. The number of alkyl halides is 4. The van der Waals surface area contributed by atoms with Crippen LogP contribution in [0.2, 0.25) is 0 Å². The van der Waals surface area contributed by atoms with Gasteiger partial charge < -0.3 is 0 Å². The minimum Gasteiger partial charge on any atom is -0.269 e. The highest BCUT2D eigenvalue weighted by Crippen LogP contribution is 2.29. The second-order valence-electron chi connectivity index (χ2n) is 0.429. The molecule has 0 aliphatic carbocycles. The molecule has 0 bridgehead atoms. The molecule has 40 valence electrons. The van der Waals surface area contributed by atoms with Crippen LogP contribution in [0.1, 0.15) is 0 Å². The van der Waals surface area contributed by atoms with Crippen molar-refractivity contribution in [1.29, 1.82) is 0 Å². The van der Waals surface area contributed by atoms with Crippen LogP contribution in [0.4, 0.5) is 4.70 Å². The summed E-state index contributed by atoms with van der Waals surface area (Å²) in [5, 5.41) is 0. The summed E-state index contributed by atoms with van der Waals surface area (Å²) in [6.45, 7) is 0. The van der Waals surface area contributed by atoms with Crippen molar-refractivity contribution in [2.45, 2.75) is 3.25 Å². The van der Waals surface area contributed by atoms with Gasteiger partial charge in [0.25, 0.3) is 3.25 Å². The normalized spacial score (nSPS) is 10.0. The van der Waals surface area contributed by atoms with Crippen LogP contribution in [0.25, 0.3) is 0 Å². The van der Waals surface area contributed by atoms with Gasteiger partial charge in [0.05, 0.1) is 0 Å². The summed E-state index contributed by atoms with van der Waals surface area (Å²) in [4.78, 5) is 0. The van der Waals surface area contributed by atoms with Crippen LogP contribution >= 0.6 is 46.4 Å². The van der Waals surface area contributed by atoms with E-state index in [2.05, 4.69) is 0 Å². The minimum absolute atomic E-state index is 0. The fourth-order valence-electron chi connectivity index (χ4n) is 0. The van der Waals surface area contributed by atoms with E-state index >= 15 is 0 Å². The molecule has 0 aliphatic rings. The number of halogens is 5. The number of rotatable bonds is 0. The van der Waals surface area contributed by atoms with E-state index in [1.807, 2.05) is 0 Å². The summed E-state index contributed by atoms with van der Waals surface area (Å²) in [7, 11) is 0. The summed E-state index contributed by atoms with van der Waals surface area (Å²) in [5.41, 5.74) is 0. The monoisotopic (exact) mass is 172 g/mol. The first kappa shape index (κ1) is 10.1. The third-order valence-corrected chi connectivity index (χ3v) is 0. The van der Waals surface area contributed by atoms with Gasteiger partial charge in [-0.05, 0) is 0 Å². The van der Waals surface area contributed by atoms with Crippen LogP contribution in [0.15, 0.2) is 0 Å². The molecule has 0 rings (SSSR count). The van der Waals surface area contributed by atoms with Gasteiger partial charge in [-0.3, -0.25) is 4.70 Å². The van der Waals surface area contributed by atoms with E-state index in [1.165, 1.54) is 0 Å². The van der Waals surface area contributed by atoms with E-state index in [1.54, 1.807) is 0 Å². The molecule has 0 unspecified atom stereocenters. The third-order valence-electron chi connectivity index (χ3n) is 0. The summed E-state index contributed by atoms with van der Waals surface area (Å²) in [5.74, 6) is 0. The predicted molar refractivity (Wildman–Crippen MR) is 28.6 cm³/mol. The molecule has 0 atom stereocenters. The second kappa shape index (κ2) is 3.14. The van der Waals surface area contributed by atoms with Crippen molar-refractivity contribution >= 4 is 46.4 Å². The Balaban J connectivity index is 0. The topological polar surface area (TPSA) is 0 Å². The summed E-state index contributed by atoms with van der Waals surface area (Å²) in [6, 6.07) is 0. The van der Waals surface area contributed by atoms with Crippen LogP contribution in [0, 0.1) is 0 Å². The minimum atomic E-state index is -1.61. The summed E-state index contributed by atoms with van der Waals surface area (Å²) < 4.78 is -1.61. The van der Waals surface area contributed by atoms with Crippen molar-refractivity contribution in [1.82, 2.24) is 0 Å². The maximum absolute atomic E-state index is 4.83. The van der Waals surface area contributed by atoms with Crippen molar-refractivity contribution < 1.29 is 4.70 Å². The second-order valence-corrected chi connectivity index (χ2v) is 3.86. The molecule has 0 N–H and O–H groups in total. The molecule has 0 spiro atoms. The van der Waals surface area contributed by atoms with Crippen LogP contribution in [0.5, 0.6) is 0 Å². The lowest BCUT2D eigenvalue weighted by Gasteiger charge is -1.91. The molecule has 0 aromatic heterocycles.